The number of carbonyl (C=O) groups is 2. The lowest BCUT2D eigenvalue weighted by molar-refractivity contribution is -0.138. The molecule has 0 fully saturated rings. The van der Waals surface area contributed by atoms with E-state index in [1.54, 1.807) is 12.2 Å². The van der Waals surface area contributed by atoms with Crippen LogP contribution in [0.5, 0.6) is 0 Å². The third-order valence-electron chi connectivity index (χ3n) is 4.74. The van der Waals surface area contributed by atoms with E-state index < -0.39 is 0 Å². The highest BCUT2D eigenvalue weighted by atomic mass is 16.5. The standard InChI is InChI=1S/C26H38O4/c1-3-5-7-9-11-21-29-25(27)19-17-23-13-15-24(16-14-23)18-20-26(28)30-22-12-10-8-6-4-2/h13-20H,3-12,21-22H2,1-2H3. The molecule has 4 nitrogen and oxygen atoms in total. The molecule has 166 valence electrons. The Balaban J connectivity index is 2.26. The first-order valence-corrected chi connectivity index (χ1v) is 11.5. The molecule has 0 atom stereocenters. The molecule has 0 N–H and O–H groups in total. The molecule has 1 aromatic rings. The summed E-state index contributed by atoms with van der Waals surface area (Å²) in [5.74, 6) is -0.626. The van der Waals surface area contributed by atoms with Crippen LogP contribution in [0.2, 0.25) is 0 Å². The molecule has 0 aliphatic carbocycles. The number of hydrogen-bond donors (Lipinski definition) is 0. The van der Waals surface area contributed by atoms with Crippen LogP contribution >= 0.6 is 0 Å². The molecule has 0 saturated heterocycles. The van der Waals surface area contributed by atoms with Crippen LogP contribution in [0.15, 0.2) is 36.4 Å². The zero-order valence-electron chi connectivity index (χ0n) is 18.7. The third kappa shape index (κ3) is 13.8. The Labute approximate surface area is 182 Å². The minimum atomic E-state index is -0.313. The Morgan fingerprint density at radius 1 is 0.633 bits per heavy atom. The highest BCUT2D eigenvalue weighted by Crippen LogP contribution is 2.09. The minimum absolute atomic E-state index is 0.313. The van der Waals surface area contributed by atoms with Crippen LogP contribution in [0.25, 0.3) is 12.2 Å². The molecular weight excluding hydrogens is 376 g/mol. The number of hydrogen-bond acceptors (Lipinski definition) is 4. The molecule has 0 aromatic heterocycles. The van der Waals surface area contributed by atoms with Crippen LogP contribution in [0, 0.1) is 0 Å². The number of ether oxygens (including phenoxy) is 2. The van der Waals surface area contributed by atoms with Gasteiger partial charge in [0.2, 0.25) is 0 Å². The summed E-state index contributed by atoms with van der Waals surface area (Å²) in [4.78, 5) is 23.5. The Bertz CT molecular complexity index is 587. The van der Waals surface area contributed by atoms with Gasteiger partial charge in [-0.2, -0.15) is 0 Å². The van der Waals surface area contributed by atoms with E-state index in [-0.39, 0.29) is 11.9 Å². The predicted octanol–water partition coefficient (Wildman–Crippen LogP) is 6.74. The zero-order chi connectivity index (χ0) is 21.9. The molecule has 4 heteroatoms. The molecular formula is C26H38O4. The SMILES string of the molecule is CCCCCCCOC(=O)C=Cc1ccc(C=CC(=O)OCCCCCCC)cc1. The van der Waals surface area contributed by atoms with Crippen molar-refractivity contribution >= 4 is 24.1 Å². The van der Waals surface area contributed by atoms with E-state index in [9.17, 15) is 9.59 Å². The van der Waals surface area contributed by atoms with Gasteiger partial charge in [0.1, 0.15) is 0 Å². The lowest BCUT2D eigenvalue weighted by Gasteiger charge is -2.02. The Kier molecular flexibility index (Phi) is 15.0. The molecule has 0 bridgehead atoms. The van der Waals surface area contributed by atoms with Gasteiger partial charge in [-0.3, -0.25) is 0 Å². The Morgan fingerprint density at radius 3 is 1.37 bits per heavy atom. The molecule has 0 unspecified atom stereocenters. The fraction of sp³-hybridized carbons (Fsp3) is 0.538. The van der Waals surface area contributed by atoms with Crippen LogP contribution in [0.3, 0.4) is 0 Å². The topological polar surface area (TPSA) is 52.6 Å². The van der Waals surface area contributed by atoms with Crippen LogP contribution in [-0.2, 0) is 19.1 Å². The smallest absolute Gasteiger partial charge is 0.330 e. The molecule has 1 aromatic carbocycles. The zero-order valence-corrected chi connectivity index (χ0v) is 18.7. The highest BCUT2D eigenvalue weighted by molar-refractivity contribution is 5.88. The number of carbonyl (C=O) groups excluding carboxylic acids is 2. The van der Waals surface area contributed by atoms with Gasteiger partial charge >= 0.3 is 11.9 Å². The van der Waals surface area contributed by atoms with Crippen molar-refractivity contribution in [2.24, 2.45) is 0 Å². The number of benzene rings is 1. The van der Waals surface area contributed by atoms with Crippen molar-refractivity contribution in [2.45, 2.75) is 78.1 Å². The molecule has 0 aliphatic rings. The van der Waals surface area contributed by atoms with Gasteiger partial charge in [-0.1, -0.05) is 89.5 Å². The summed E-state index contributed by atoms with van der Waals surface area (Å²) in [6, 6.07) is 7.58. The summed E-state index contributed by atoms with van der Waals surface area (Å²) in [6.07, 6.45) is 17.7. The number of unbranched alkanes of at least 4 members (excludes halogenated alkanes) is 8. The van der Waals surface area contributed by atoms with Gasteiger partial charge in [0.15, 0.2) is 0 Å². The normalized spacial score (nSPS) is 11.3. The van der Waals surface area contributed by atoms with Crippen molar-refractivity contribution < 1.29 is 19.1 Å². The van der Waals surface area contributed by atoms with Crippen molar-refractivity contribution in [2.75, 3.05) is 13.2 Å². The average Bonchev–Trinajstić information content (AvgIpc) is 2.76. The van der Waals surface area contributed by atoms with E-state index in [2.05, 4.69) is 13.8 Å². The van der Waals surface area contributed by atoms with E-state index in [4.69, 9.17) is 9.47 Å². The maximum Gasteiger partial charge on any atom is 0.330 e. The first kappa shape index (κ1) is 25.7. The second-order valence-electron chi connectivity index (χ2n) is 7.50. The van der Waals surface area contributed by atoms with Crippen molar-refractivity contribution in [1.82, 2.24) is 0 Å². The first-order chi connectivity index (χ1) is 14.7. The Hall–Kier alpha value is -2.36. The monoisotopic (exact) mass is 414 g/mol. The van der Waals surface area contributed by atoms with Crippen molar-refractivity contribution in [3.8, 4) is 0 Å². The summed E-state index contributed by atoms with van der Waals surface area (Å²) in [5.41, 5.74) is 1.81. The molecule has 0 saturated carbocycles. The number of esters is 2. The molecule has 0 spiro atoms. The van der Waals surface area contributed by atoms with Gasteiger partial charge in [0.25, 0.3) is 0 Å². The summed E-state index contributed by atoms with van der Waals surface area (Å²) in [6.45, 7) is 5.31. The van der Waals surface area contributed by atoms with Gasteiger partial charge in [-0.15, -0.1) is 0 Å². The number of rotatable bonds is 16. The van der Waals surface area contributed by atoms with Crippen LogP contribution in [0.1, 0.15) is 89.2 Å². The van der Waals surface area contributed by atoms with Crippen molar-refractivity contribution in [1.29, 1.82) is 0 Å². The highest BCUT2D eigenvalue weighted by Gasteiger charge is 1.99. The van der Waals surface area contributed by atoms with Crippen molar-refractivity contribution in [3.63, 3.8) is 0 Å². The second-order valence-corrected chi connectivity index (χ2v) is 7.50. The van der Waals surface area contributed by atoms with Gasteiger partial charge < -0.3 is 9.47 Å². The first-order valence-electron chi connectivity index (χ1n) is 11.5. The van der Waals surface area contributed by atoms with Crippen LogP contribution < -0.4 is 0 Å². The lowest BCUT2D eigenvalue weighted by atomic mass is 10.1. The molecule has 0 heterocycles. The Morgan fingerprint density at radius 2 is 1.00 bits per heavy atom. The van der Waals surface area contributed by atoms with Crippen molar-refractivity contribution in [3.05, 3.63) is 47.5 Å². The summed E-state index contributed by atoms with van der Waals surface area (Å²) in [7, 11) is 0. The summed E-state index contributed by atoms with van der Waals surface area (Å²) < 4.78 is 10.4. The van der Waals surface area contributed by atoms with Crippen LogP contribution in [-0.4, -0.2) is 25.2 Å². The molecule has 0 aliphatic heterocycles. The largest absolute Gasteiger partial charge is 0.463 e. The summed E-state index contributed by atoms with van der Waals surface area (Å²) in [5, 5.41) is 0. The maximum absolute atomic E-state index is 11.7. The van der Waals surface area contributed by atoms with Crippen LogP contribution in [0.4, 0.5) is 0 Å². The van der Waals surface area contributed by atoms with Gasteiger partial charge in [-0.25, -0.2) is 9.59 Å². The van der Waals surface area contributed by atoms with Gasteiger partial charge in [-0.05, 0) is 36.1 Å². The molecule has 0 radical (unpaired) electrons. The fourth-order valence-electron chi connectivity index (χ4n) is 2.90. The molecule has 30 heavy (non-hydrogen) atoms. The second kappa shape index (κ2) is 17.5. The third-order valence-corrected chi connectivity index (χ3v) is 4.74. The maximum atomic E-state index is 11.7. The van der Waals surface area contributed by atoms with E-state index in [1.165, 1.54) is 50.7 Å². The van der Waals surface area contributed by atoms with Gasteiger partial charge in [0, 0.05) is 12.2 Å². The average molecular weight is 415 g/mol. The van der Waals surface area contributed by atoms with Gasteiger partial charge in [0.05, 0.1) is 13.2 Å². The van der Waals surface area contributed by atoms with E-state index in [1.807, 2.05) is 24.3 Å². The predicted molar refractivity (Wildman–Crippen MR) is 124 cm³/mol. The molecule has 0 amide bonds. The van der Waals surface area contributed by atoms with E-state index in [0.717, 1.165) is 36.8 Å². The molecule has 1 rings (SSSR count). The van der Waals surface area contributed by atoms with E-state index >= 15 is 0 Å². The van der Waals surface area contributed by atoms with E-state index in [0.29, 0.717) is 13.2 Å². The minimum Gasteiger partial charge on any atom is -0.463 e. The fourth-order valence-corrected chi connectivity index (χ4v) is 2.90. The quantitative estimate of drug-likeness (QED) is 0.171. The lowest BCUT2D eigenvalue weighted by Crippen LogP contribution is -2.02. The summed E-state index contributed by atoms with van der Waals surface area (Å²) >= 11 is 0.